The summed E-state index contributed by atoms with van der Waals surface area (Å²) in [6, 6.07) is 2.83. The Labute approximate surface area is 98.7 Å². The molecule has 1 aromatic carbocycles. The Hall–Kier alpha value is -2.24. The highest BCUT2D eigenvalue weighted by Crippen LogP contribution is 2.24. The van der Waals surface area contributed by atoms with Crippen LogP contribution in [0.5, 0.6) is 0 Å². The molecular formula is C11H14N2O4. The largest absolute Gasteiger partial charge is 0.465 e. The SMILES string of the molecule is CNc1cc(C(=O)OC)c(N)cc1C(=O)OC. The highest BCUT2D eigenvalue weighted by atomic mass is 16.5. The number of nitrogens with two attached hydrogens (primary N) is 1. The Bertz CT molecular complexity index is 457. The number of anilines is 2. The van der Waals surface area contributed by atoms with Gasteiger partial charge in [0, 0.05) is 18.4 Å². The van der Waals surface area contributed by atoms with Crippen molar-refractivity contribution >= 4 is 23.3 Å². The predicted molar refractivity (Wildman–Crippen MR) is 63.1 cm³/mol. The van der Waals surface area contributed by atoms with E-state index in [-0.39, 0.29) is 16.8 Å². The van der Waals surface area contributed by atoms with E-state index in [0.29, 0.717) is 5.69 Å². The van der Waals surface area contributed by atoms with Crippen LogP contribution in [0.1, 0.15) is 20.7 Å². The van der Waals surface area contributed by atoms with E-state index in [9.17, 15) is 9.59 Å². The molecule has 0 heterocycles. The van der Waals surface area contributed by atoms with Gasteiger partial charge >= 0.3 is 11.9 Å². The summed E-state index contributed by atoms with van der Waals surface area (Å²) in [5, 5.41) is 2.79. The zero-order valence-corrected chi connectivity index (χ0v) is 9.87. The van der Waals surface area contributed by atoms with E-state index in [1.807, 2.05) is 0 Å². The molecule has 0 aliphatic rings. The summed E-state index contributed by atoms with van der Waals surface area (Å²) in [5.41, 5.74) is 6.75. The number of methoxy groups -OCH3 is 2. The van der Waals surface area contributed by atoms with Crippen LogP contribution in [0.3, 0.4) is 0 Å². The van der Waals surface area contributed by atoms with Crippen molar-refractivity contribution < 1.29 is 19.1 Å². The average molecular weight is 238 g/mol. The van der Waals surface area contributed by atoms with E-state index in [2.05, 4.69) is 14.8 Å². The van der Waals surface area contributed by atoms with Crippen LogP contribution in [-0.2, 0) is 9.47 Å². The molecule has 0 bridgehead atoms. The maximum Gasteiger partial charge on any atom is 0.340 e. The number of ether oxygens (including phenoxy) is 2. The van der Waals surface area contributed by atoms with Gasteiger partial charge in [-0.1, -0.05) is 0 Å². The number of carbonyl (C=O) groups excluding carboxylic acids is 2. The molecule has 0 spiro atoms. The van der Waals surface area contributed by atoms with E-state index in [1.165, 1.54) is 26.4 Å². The second kappa shape index (κ2) is 5.20. The van der Waals surface area contributed by atoms with Crippen LogP contribution >= 0.6 is 0 Å². The Morgan fingerprint density at radius 2 is 1.65 bits per heavy atom. The van der Waals surface area contributed by atoms with Crippen molar-refractivity contribution in [3.05, 3.63) is 23.3 Å². The number of carbonyl (C=O) groups is 2. The molecule has 0 amide bonds. The van der Waals surface area contributed by atoms with Crippen molar-refractivity contribution in [1.29, 1.82) is 0 Å². The third-order valence-corrected chi connectivity index (χ3v) is 2.27. The van der Waals surface area contributed by atoms with Crippen molar-refractivity contribution in [2.45, 2.75) is 0 Å². The van der Waals surface area contributed by atoms with Crippen molar-refractivity contribution in [2.75, 3.05) is 32.3 Å². The van der Waals surface area contributed by atoms with Crippen molar-refractivity contribution in [3.8, 4) is 0 Å². The average Bonchev–Trinajstić information content (AvgIpc) is 2.36. The molecule has 1 rings (SSSR count). The summed E-state index contributed by atoms with van der Waals surface area (Å²) >= 11 is 0. The van der Waals surface area contributed by atoms with Crippen molar-refractivity contribution in [3.63, 3.8) is 0 Å². The fraction of sp³-hybridized carbons (Fsp3) is 0.273. The van der Waals surface area contributed by atoms with Gasteiger partial charge < -0.3 is 20.5 Å². The van der Waals surface area contributed by atoms with Gasteiger partial charge in [-0.3, -0.25) is 0 Å². The smallest absolute Gasteiger partial charge is 0.340 e. The van der Waals surface area contributed by atoms with Gasteiger partial charge in [-0.25, -0.2) is 9.59 Å². The minimum absolute atomic E-state index is 0.163. The van der Waals surface area contributed by atoms with Gasteiger partial charge in [-0.2, -0.15) is 0 Å². The first kappa shape index (κ1) is 12.8. The summed E-state index contributed by atoms with van der Waals surface area (Å²) in [5.74, 6) is -1.09. The molecule has 6 nitrogen and oxygen atoms in total. The Morgan fingerprint density at radius 3 is 2.12 bits per heavy atom. The monoisotopic (exact) mass is 238 g/mol. The third kappa shape index (κ3) is 2.47. The Balaban J connectivity index is 3.34. The van der Waals surface area contributed by atoms with Crippen LogP contribution in [0.4, 0.5) is 11.4 Å². The van der Waals surface area contributed by atoms with Crippen LogP contribution in [0.15, 0.2) is 12.1 Å². The van der Waals surface area contributed by atoms with Gasteiger partial charge in [-0.05, 0) is 12.1 Å². The molecule has 17 heavy (non-hydrogen) atoms. The minimum atomic E-state index is -0.560. The van der Waals surface area contributed by atoms with Crippen LogP contribution in [0, 0.1) is 0 Å². The molecule has 0 unspecified atom stereocenters. The molecule has 3 N–H and O–H groups in total. The summed E-state index contributed by atoms with van der Waals surface area (Å²) in [6.07, 6.45) is 0. The van der Waals surface area contributed by atoms with Crippen LogP contribution in [0.25, 0.3) is 0 Å². The van der Waals surface area contributed by atoms with Gasteiger partial charge in [0.05, 0.1) is 25.3 Å². The third-order valence-electron chi connectivity index (χ3n) is 2.27. The molecule has 0 aliphatic heterocycles. The fourth-order valence-electron chi connectivity index (χ4n) is 1.39. The first-order valence-corrected chi connectivity index (χ1v) is 4.83. The normalized spacial score (nSPS) is 9.59. The topological polar surface area (TPSA) is 90.6 Å². The fourth-order valence-corrected chi connectivity index (χ4v) is 1.39. The summed E-state index contributed by atoms with van der Waals surface area (Å²) < 4.78 is 9.19. The second-order valence-corrected chi connectivity index (χ2v) is 3.22. The van der Waals surface area contributed by atoms with E-state index in [0.717, 1.165) is 0 Å². The first-order chi connectivity index (χ1) is 8.04. The Kier molecular flexibility index (Phi) is 3.92. The number of hydrogen-bond donors (Lipinski definition) is 2. The molecule has 1 aromatic rings. The highest BCUT2D eigenvalue weighted by Gasteiger charge is 2.18. The van der Waals surface area contributed by atoms with Gasteiger partial charge in [0.25, 0.3) is 0 Å². The number of rotatable bonds is 3. The van der Waals surface area contributed by atoms with E-state index in [4.69, 9.17) is 5.73 Å². The molecule has 0 atom stereocenters. The van der Waals surface area contributed by atoms with Crippen LogP contribution in [-0.4, -0.2) is 33.2 Å². The maximum atomic E-state index is 11.5. The molecule has 0 radical (unpaired) electrons. The van der Waals surface area contributed by atoms with Gasteiger partial charge in [0.1, 0.15) is 0 Å². The Morgan fingerprint density at radius 1 is 1.12 bits per heavy atom. The van der Waals surface area contributed by atoms with E-state index >= 15 is 0 Å². The second-order valence-electron chi connectivity index (χ2n) is 3.22. The summed E-state index contributed by atoms with van der Waals surface area (Å²) in [4.78, 5) is 22.9. The van der Waals surface area contributed by atoms with E-state index in [1.54, 1.807) is 7.05 Å². The van der Waals surface area contributed by atoms with E-state index < -0.39 is 11.9 Å². The standard InChI is InChI=1S/C11H14N2O4/c1-13-9-5-6(10(14)16-2)8(12)4-7(9)11(15)17-3/h4-5,13H,12H2,1-3H3. The van der Waals surface area contributed by atoms with Crippen LogP contribution in [0.2, 0.25) is 0 Å². The molecule has 0 aliphatic carbocycles. The molecule has 0 fully saturated rings. The molecule has 6 heteroatoms. The number of esters is 2. The zero-order chi connectivity index (χ0) is 13.0. The zero-order valence-electron chi connectivity index (χ0n) is 9.87. The maximum absolute atomic E-state index is 11.5. The van der Waals surface area contributed by atoms with Gasteiger partial charge in [-0.15, -0.1) is 0 Å². The predicted octanol–water partition coefficient (Wildman–Crippen LogP) is 0.884. The quantitative estimate of drug-likeness (QED) is 0.600. The van der Waals surface area contributed by atoms with Gasteiger partial charge in [0.15, 0.2) is 0 Å². The molecule has 0 saturated heterocycles. The number of hydrogen-bond acceptors (Lipinski definition) is 6. The first-order valence-electron chi connectivity index (χ1n) is 4.83. The number of benzene rings is 1. The highest BCUT2D eigenvalue weighted by molar-refractivity contribution is 6.02. The van der Waals surface area contributed by atoms with Crippen molar-refractivity contribution in [1.82, 2.24) is 0 Å². The number of nitrogens with one attached hydrogen (secondary N) is 1. The molecule has 0 aromatic heterocycles. The number of nitrogen functional groups attached to an aromatic ring is 1. The molecule has 92 valence electrons. The molecular weight excluding hydrogens is 224 g/mol. The van der Waals surface area contributed by atoms with Crippen LogP contribution < -0.4 is 11.1 Å². The lowest BCUT2D eigenvalue weighted by atomic mass is 10.1. The molecule has 0 saturated carbocycles. The van der Waals surface area contributed by atoms with Crippen molar-refractivity contribution in [2.24, 2.45) is 0 Å². The minimum Gasteiger partial charge on any atom is -0.465 e. The summed E-state index contributed by atoms with van der Waals surface area (Å²) in [6.45, 7) is 0. The lowest BCUT2D eigenvalue weighted by molar-refractivity contribution is 0.0588. The lowest BCUT2D eigenvalue weighted by Crippen LogP contribution is -2.11. The van der Waals surface area contributed by atoms with Gasteiger partial charge in [0.2, 0.25) is 0 Å². The lowest BCUT2D eigenvalue weighted by Gasteiger charge is -2.11. The summed E-state index contributed by atoms with van der Waals surface area (Å²) in [7, 11) is 4.15.